The number of benzene rings is 1. The standard InChI is InChI=1S/C16H24N2O2/c17-15-4-2-1-3-13(15)7-10-16(20)18-11-12-5-8-14(19)9-6-12/h1-4,12,14,19H,5-11,17H2,(H,18,20). The summed E-state index contributed by atoms with van der Waals surface area (Å²) in [5.74, 6) is 0.600. The number of aliphatic hydroxyl groups excluding tert-OH is 1. The average molecular weight is 276 g/mol. The number of anilines is 1. The second-order valence-electron chi connectivity index (χ2n) is 5.68. The largest absolute Gasteiger partial charge is 0.399 e. The molecule has 4 N–H and O–H groups in total. The van der Waals surface area contributed by atoms with Gasteiger partial charge in [0.1, 0.15) is 0 Å². The molecule has 0 bridgehead atoms. The molecule has 1 amide bonds. The van der Waals surface area contributed by atoms with Crippen molar-refractivity contribution in [3.63, 3.8) is 0 Å². The molecule has 0 aromatic heterocycles. The lowest BCUT2D eigenvalue weighted by Crippen LogP contribution is -2.32. The maximum Gasteiger partial charge on any atom is 0.220 e. The van der Waals surface area contributed by atoms with Gasteiger partial charge in [-0.3, -0.25) is 4.79 Å². The zero-order chi connectivity index (χ0) is 14.4. The van der Waals surface area contributed by atoms with Crippen LogP contribution in [0.3, 0.4) is 0 Å². The van der Waals surface area contributed by atoms with E-state index in [0.717, 1.165) is 43.5 Å². The highest BCUT2D eigenvalue weighted by Gasteiger charge is 2.19. The van der Waals surface area contributed by atoms with Crippen LogP contribution in [0.15, 0.2) is 24.3 Å². The van der Waals surface area contributed by atoms with Crippen LogP contribution in [0.4, 0.5) is 5.69 Å². The van der Waals surface area contributed by atoms with E-state index < -0.39 is 0 Å². The first-order valence-electron chi connectivity index (χ1n) is 7.43. The first-order chi connectivity index (χ1) is 9.65. The summed E-state index contributed by atoms with van der Waals surface area (Å²) >= 11 is 0. The van der Waals surface area contributed by atoms with E-state index >= 15 is 0 Å². The third-order valence-corrected chi connectivity index (χ3v) is 4.08. The smallest absolute Gasteiger partial charge is 0.220 e. The second-order valence-corrected chi connectivity index (χ2v) is 5.68. The molecule has 0 heterocycles. The Morgan fingerprint density at radius 3 is 2.65 bits per heavy atom. The molecular weight excluding hydrogens is 252 g/mol. The van der Waals surface area contributed by atoms with Crippen LogP contribution in [0, 0.1) is 5.92 Å². The van der Waals surface area contributed by atoms with Crippen LogP contribution in [-0.2, 0) is 11.2 Å². The van der Waals surface area contributed by atoms with Gasteiger partial charge in [0.15, 0.2) is 0 Å². The van der Waals surface area contributed by atoms with Gasteiger partial charge in [0.05, 0.1) is 6.10 Å². The molecule has 20 heavy (non-hydrogen) atoms. The minimum Gasteiger partial charge on any atom is -0.399 e. The maximum atomic E-state index is 11.8. The topological polar surface area (TPSA) is 75.4 Å². The molecule has 1 aromatic carbocycles. The molecule has 110 valence electrons. The molecule has 0 radical (unpaired) electrons. The summed E-state index contributed by atoms with van der Waals surface area (Å²) in [6, 6.07) is 7.67. The number of aryl methyl sites for hydroxylation is 1. The first-order valence-corrected chi connectivity index (χ1v) is 7.43. The fourth-order valence-corrected chi connectivity index (χ4v) is 2.71. The van der Waals surface area contributed by atoms with Crippen molar-refractivity contribution in [2.45, 2.75) is 44.6 Å². The van der Waals surface area contributed by atoms with Gasteiger partial charge in [-0.25, -0.2) is 0 Å². The van der Waals surface area contributed by atoms with E-state index in [1.54, 1.807) is 0 Å². The third kappa shape index (κ3) is 4.53. The van der Waals surface area contributed by atoms with Crippen LogP contribution >= 0.6 is 0 Å². The molecule has 1 aliphatic carbocycles. The van der Waals surface area contributed by atoms with Crippen LogP contribution in [0.2, 0.25) is 0 Å². The third-order valence-electron chi connectivity index (χ3n) is 4.08. The average Bonchev–Trinajstić information content (AvgIpc) is 2.46. The monoisotopic (exact) mass is 276 g/mol. The van der Waals surface area contributed by atoms with Gasteiger partial charge in [0, 0.05) is 18.7 Å². The van der Waals surface area contributed by atoms with Crippen LogP contribution < -0.4 is 11.1 Å². The zero-order valence-electron chi connectivity index (χ0n) is 11.8. The quantitative estimate of drug-likeness (QED) is 0.719. The number of amides is 1. The lowest BCUT2D eigenvalue weighted by atomic mass is 9.87. The minimum absolute atomic E-state index is 0.0828. The van der Waals surface area contributed by atoms with Gasteiger partial charge in [-0.2, -0.15) is 0 Å². The van der Waals surface area contributed by atoms with Crippen LogP contribution in [0.25, 0.3) is 0 Å². The Balaban J connectivity index is 1.67. The Hall–Kier alpha value is -1.55. The van der Waals surface area contributed by atoms with Gasteiger partial charge >= 0.3 is 0 Å². The van der Waals surface area contributed by atoms with Gasteiger partial charge in [-0.1, -0.05) is 18.2 Å². The van der Waals surface area contributed by atoms with Crippen molar-refractivity contribution >= 4 is 11.6 Å². The summed E-state index contributed by atoms with van der Waals surface area (Å²) in [7, 11) is 0. The van der Waals surface area contributed by atoms with Crippen LogP contribution in [0.5, 0.6) is 0 Å². The van der Waals surface area contributed by atoms with Crippen LogP contribution in [0.1, 0.15) is 37.7 Å². The number of nitrogens with one attached hydrogen (secondary N) is 1. The normalized spacial score (nSPS) is 22.4. The van der Waals surface area contributed by atoms with Crippen molar-refractivity contribution in [3.05, 3.63) is 29.8 Å². The van der Waals surface area contributed by atoms with Crippen molar-refractivity contribution in [1.82, 2.24) is 5.32 Å². The molecular formula is C16H24N2O2. The summed E-state index contributed by atoms with van der Waals surface area (Å²) in [5, 5.41) is 12.4. The van der Waals surface area contributed by atoms with Crippen molar-refractivity contribution in [2.75, 3.05) is 12.3 Å². The summed E-state index contributed by atoms with van der Waals surface area (Å²) < 4.78 is 0. The summed E-state index contributed by atoms with van der Waals surface area (Å²) in [4.78, 5) is 11.8. The number of hydrogen-bond donors (Lipinski definition) is 3. The maximum absolute atomic E-state index is 11.8. The van der Waals surface area contributed by atoms with E-state index in [0.29, 0.717) is 18.8 Å². The molecule has 2 rings (SSSR count). The van der Waals surface area contributed by atoms with Gasteiger partial charge in [0.25, 0.3) is 0 Å². The van der Waals surface area contributed by atoms with Gasteiger partial charge in [0.2, 0.25) is 5.91 Å². The SMILES string of the molecule is Nc1ccccc1CCC(=O)NCC1CCC(O)CC1. The predicted octanol–water partition coefficient (Wildman–Crippen LogP) is 1.87. The van der Waals surface area contributed by atoms with Gasteiger partial charge < -0.3 is 16.2 Å². The fourth-order valence-electron chi connectivity index (χ4n) is 2.71. The highest BCUT2D eigenvalue weighted by molar-refractivity contribution is 5.76. The molecule has 1 fully saturated rings. The van der Waals surface area contributed by atoms with E-state index in [1.807, 2.05) is 24.3 Å². The Kier molecular flexibility index (Phi) is 5.41. The number of carbonyl (C=O) groups excluding carboxylic acids is 1. The molecule has 0 unspecified atom stereocenters. The molecule has 0 atom stereocenters. The molecule has 1 saturated carbocycles. The molecule has 0 aliphatic heterocycles. The number of hydrogen-bond acceptors (Lipinski definition) is 3. The van der Waals surface area contributed by atoms with E-state index in [-0.39, 0.29) is 12.0 Å². The summed E-state index contributed by atoms with van der Waals surface area (Å²) in [6.45, 7) is 0.732. The summed E-state index contributed by atoms with van der Waals surface area (Å²) in [6.07, 6.45) is 4.76. The Morgan fingerprint density at radius 1 is 1.25 bits per heavy atom. The highest BCUT2D eigenvalue weighted by Crippen LogP contribution is 2.23. The molecule has 4 nitrogen and oxygen atoms in total. The number of para-hydroxylation sites is 1. The molecule has 4 heteroatoms. The Morgan fingerprint density at radius 2 is 1.95 bits per heavy atom. The highest BCUT2D eigenvalue weighted by atomic mass is 16.3. The first kappa shape index (κ1) is 14.9. The lowest BCUT2D eigenvalue weighted by molar-refractivity contribution is -0.121. The lowest BCUT2D eigenvalue weighted by Gasteiger charge is -2.25. The van der Waals surface area contributed by atoms with E-state index in [2.05, 4.69) is 5.32 Å². The number of nitrogen functional groups attached to an aromatic ring is 1. The van der Waals surface area contributed by atoms with Crippen molar-refractivity contribution in [3.8, 4) is 0 Å². The van der Waals surface area contributed by atoms with E-state index in [9.17, 15) is 9.90 Å². The number of rotatable bonds is 5. The molecule has 1 aliphatic rings. The zero-order valence-corrected chi connectivity index (χ0v) is 11.8. The fraction of sp³-hybridized carbons (Fsp3) is 0.562. The minimum atomic E-state index is -0.136. The second kappa shape index (κ2) is 7.29. The van der Waals surface area contributed by atoms with E-state index in [1.165, 1.54) is 0 Å². The molecule has 0 saturated heterocycles. The molecule has 1 aromatic rings. The van der Waals surface area contributed by atoms with Gasteiger partial charge in [-0.05, 0) is 49.7 Å². The van der Waals surface area contributed by atoms with Crippen LogP contribution in [-0.4, -0.2) is 23.7 Å². The van der Waals surface area contributed by atoms with Crippen molar-refractivity contribution < 1.29 is 9.90 Å². The Bertz CT molecular complexity index is 440. The van der Waals surface area contributed by atoms with Crippen molar-refractivity contribution in [1.29, 1.82) is 0 Å². The van der Waals surface area contributed by atoms with Crippen molar-refractivity contribution in [2.24, 2.45) is 5.92 Å². The predicted molar refractivity (Wildman–Crippen MR) is 80.1 cm³/mol. The van der Waals surface area contributed by atoms with E-state index in [4.69, 9.17) is 5.73 Å². The molecule has 0 spiro atoms. The summed E-state index contributed by atoms with van der Waals surface area (Å²) in [5.41, 5.74) is 7.64. The number of aliphatic hydroxyl groups is 1. The number of carbonyl (C=O) groups is 1. The number of nitrogens with two attached hydrogens (primary N) is 1. The Labute approximate surface area is 120 Å². The van der Waals surface area contributed by atoms with Gasteiger partial charge in [-0.15, -0.1) is 0 Å².